The fourth-order valence-electron chi connectivity index (χ4n) is 2.45. The van der Waals surface area contributed by atoms with Gasteiger partial charge in [-0.3, -0.25) is 14.2 Å². The summed E-state index contributed by atoms with van der Waals surface area (Å²) in [5.41, 5.74) is 7.49. The van der Waals surface area contributed by atoms with Crippen LogP contribution < -0.4 is 5.73 Å². The highest BCUT2D eigenvalue weighted by Crippen LogP contribution is 2.24. The van der Waals surface area contributed by atoms with Gasteiger partial charge in [0.15, 0.2) is 0 Å². The van der Waals surface area contributed by atoms with Gasteiger partial charge in [-0.2, -0.15) is 15.5 Å². The van der Waals surface area contributed by atoms with Crippen LogP contribution in [-0.4, -0.2) is 25.5 Å². The van der Waals surface area contributed by atoms with Gasteiger partial charge < -0.3 is 5.73 Å². The Morgan fingerprint density at radius 1 is 1.32 bits per heavy atom. The van der Waals surface area contributed by atoms with Crippen molar-refractivity contribution in [3.8, 4) is 17.3 Å². The van der Waals surface area contributed by atoms with Crippen LogP contribution in [0.15, 0.2) is 42.7 Å². The third-order valence-corrected chi connectivity index (χ3v) is 4.10. The lowest BCUT2D eigenvalue weighted by Crippen LogP contribution is -2.16. The Labute approximate surface area is 149 Å². The molecule has 1 atom stereocenters. The number of hydrogen-bond acceptors (Lipinski definition) is 4. The first-order valence-corrected chi connectivity index (χ1v) is 7.94. The van der Waals surface area contributed by atoms with Crippen LogP contribution in [0.1, 0.15) is 29.0 Å². The Kier molecular flexibility index (Phi) is 4.55. The number of halogens is 1. The van der Waals surface area contributed by atoms with E-state index in [2.05, 4.69) is 10.2 Å². The van der Waals surface area contributed by atoms with E-state index >= 15 is 0 Å². The third kappa shape index (κ3) is 3.54. The zero-order chi connectivity index (χ0) is 18.0. The number of nitriles is 1. The van der Waals surface area contributed by atoms with Crippen molar-refractivity contribution in [1.29, 1.82) is 5.26 Å². The van der Waals surface area contributed by atoms with E-state index in [9.17, 15) is 4.79 Å². The molecule has 3 aromatic rings. The minimum absolute atomic E-state index is 0.00889. The maximum Gasteiger partial charge on any atom is 0.269 e. The maximum absolute atomic E-state index is 11.1. The lowest BCUT2D eigenvalue weighted by atomic mass is 10.1. The van der Waals surface area contributed by atoms with Gasteiger partial charge >= 0.3 is 0 Å². The summed E-state index contributed by atoms with van der Waals surface area (Å²) in [6.45, 7) is 2.54. The van der Waals surface area contributed by atoms with Crippen molar-refractivity contribution in [1.82, 2.24) is 19.6 Å². The number of primary amides is 1. The molecule has 0 fully saturated rings. The van der Waals surface area contributed by atoms with Crippen LogP contribution in [0.3, 0.4) is 0 Å². The van der Waals surface area contributed by atoms with Gasteiger partial charge in [-0.05, 0) is 31.2 Å². The van der Waals surface area contributed by atoms with Crippen molar-refractivity contribution in [2.45, 2.75) is 19.5 Å². The molecular formula is C17H15ClN6O. The van der Waals surface area contributed by atoms with Gasteiger partial charge in [-0.1, -0.05) is 17.7 Å². The second-order valence-corrected chi connectivity index (χ2v) is 6.03. The van der Waals surface area contributed by atoms with Gasteiger partial charge in [0.25, 0.3) is 5.91 Å². The Hall–Kier alpha value is -3.11. The molecule has 2 N–H and O–H groups in total. The molecule has 0 aliphatic carbocycles. The number of carbonyl (C=O) groups excluding carboxylic acids is 1. The highest BCUT2D eigenvalue weighted by molar-refractivity contribution is 6.32. The van der Waals surface area contributed by atoms with E-state index in [1.165, 1.54) is 0 Å². The van der Waals surface area contributed by atoms with Gasteiger partial charge in [0.2, 0.25) is 0 Å². The third-order valence-electron chi connectivity index (χ3n) is 3.79. The van der Waals surface area contributed by atoms with Gasteiger partial charge in [-0.25, -0.2) is 0 Å². The largest absolute Gasteiger partial charge is 0.364 e. The summed E-state index contributed by atoms with van der Waals surface area (Å²) in [4.78, 5) is 11.1. The summed E-state index contributed by atoms with van der Waals surface area (Å²) in [6, 6.07) is 10.7. The number of aromatic nitrogens is 4. The topological polar surface area (TPSA) is 103 Å². The SMILES string of the molecule is CC(Cn1ccc(-c2ccc(C#N)c(Cl)c2)n1)n1ccc(C(N)=O)n1. The smallest absolute Gasteiger partial charge is 0.269 e. The Morgan fingerprint density at radius 3 is 2.76 bits per heavy atom. The van der Waals surface area contributed by atoms with E-state index in [1.807, 2.05) is 31.3 Å². The first-order valence-electron chi connectivity index (χ1n) is 7.56. The lowest BCUT2D eigenvalue weighted by Gasteiger charge is -2.12. The van der Waals surface area contributed by atoms with Crippen LogP contribution in [0.4, 0.5) is 0 Å². The molecule has 0 saturated heterocycles. The van der Waals surface area contributed by atoms with Crippen LogP contribution >= 0.6 is 11.6 Å². The molecule has 0 radical (unpaired) electrons. The predicted octanol–water partition coefficient (Wildman–Crippen LogP) is 2.63. The number of amides is 1. The molecule has 0 saturated carbocycles. The first-order chi connectivity index (χ1) is 12.0. The molecule has 1 aromatic carbocycles. The van der Waals surface area contributed by atoms with Gasteiger partial charge in [0.05, 0.1) is 28.9 Å². The molecule has 25 heavy (non-hydrogen) atoms. The summed E-state index contributed by atoms with van der Waals surface area (Å²) in [7, 11) is 0. The average molecular weight is 355 g/mol. The Balaban J connectivity index is 1.76. The number of hydrogen-bond donors (Lipinski definition) is 1. The summed E-state index contributed by atoms with van der Waals surface area (Å²) in [5, 5.41) is 18.0. The average Bonchev–Trinajstić information content (AvgIpc) is 3.24. The highest BCUT2D eigenvalue weighted by Gasteiger charge is 2.12. The summed E-state index contributed by atoms with van der Waals surface area (Å²) >= 11 is 6.07. The van der Waals surface area contributed by atoms with Crippen LogP contribution in [0.25, 0.3) is 11.3 Å². The number of nitrogens with zero attached hydrogens (tertiary/aromatic N) is 5. The second-order valence-electron chi connectivity index (χ2n) is 5.62. The van der Waals surface area contributed by atoms with Crippen molar-refractivity contribution in [3.63, 3.8) is 0 Å². The van der Waals surface area contributed by atoms with E-state index in [-0.39, 0.29) is 11.7 Å². The summed E-state index contributed by atoms with van der Waals surface area (Å²) < 4.78 is 3.47. The van der Waals surface area contributed by atoms with E-state index in [0.717, 1.165) is 11.3 Å². The number of benzene rings is 1. The Morgan fingerprint density at radius 2 is 2.12 bits per heavy atom. The van der Waals surface area contributed by atoms with E-state index in [0.29, 0.717) is 17.1 Å². The molecule has 1 amide bonds. The summed E-state index contributed by atoms with van der Waals surface area (Å²) in [6.07, 6.45) is 3.58. The predicted molar refractivity (Wildman–Crippen MR) is 92.8 cm³/mol. The van der Waals surface area contributed by atoms with Gasteiger partial charge in [0, 0.05) is 18.0 Å². The van der Waals surface area contributed by atoms with Crippen molar-refractivity contribution in [3.05, 3.63) is 59.0 Å². The van der Waals surface area contributed by atoms with Crippen LogP contribution in [-0.2, 0) is 6.54 Å². The first kappa shape index (κ1) is 16.7. The zero-order valence-electron chi connectivity index (χ0n) is 13.4. The monoisotopic (exact) mass is 354 g/mol. The molecule has 1 unspecified atom stereocenters. The fourth-order valence-corrected chi connectivity index (χ4v) is 2.67. The minimum atomic E-state index is -0.551. The molecule has 0 bridgehead atoms. The number of carbonyl (C=O) groups is 1. The minimum Gasteiger partial charge on any atom is -0.364 e. The molecule has 7 nitrogen and oxygen atoms in total. The van der Waals surface area contributed by atoms with E-state index in [1.54, 1.807) is 33.8 Å². The number of nitrogens with two attached hydrogens (primary N) is 1. The van der Waals surface area contributed by atoms with E-state index < -0.39 is 5.91 Å². The fraction of sp³-hybridized carbons (Fsp3) is 0.176. The maximum atomic E-state index is 11.1. The molecule has 0 spiro atoms. The van der Waals surface area contributed by atoms with Crippen molar-refractivity contribution in [2.24, 2.45) is 5.73 Å². The van der Waals surface area contributed by atoms with Gasteiger partial charge in [0.1, 0.15) is 11.8 Å². The molecule has 0 aliphatic rings. The van der Waals surface area contributed by atoms with Crippen LogP contribution in [0.2, 0.25) is 5.02 Å². The molecule has 2 aromatic heterocycles. The molecular weight excluding hydrogens is 340 g/mol. The van der Waals surface area contributed by atoms with Crippen molar-refractivity contribution >= 4 is 17.5 Å². The summed E-state index contributed by atoms with van der Waals surface area (Å²) in [5.74, 6) is -0.551. The van der Waals surface area contributed by atoms with Crippen molar-refractivity contribution in [2.75, 3.05) is 0 Å². The van der Waals surface area contributed by atoms with Crippen LogP contribution in [0, 0.1) is 11.3 Å². The van der Waals surface area contributed by atoms with E-state index in [4.69, 9.17) is 22.6 Å². The molecule has 2 heterocycles. The zero-order valence-corrected chi connectivity index (χ0v) is 14.2. The second kappa shape index (κ2) is 6.79. The highest BCUT2D eigenvalue weighted by atomic mass is 35.5. The molecule has 3 rings (SSSR count). The molecule has 0 aliphatic heterocycles. The standard InChI is InChI=1S/C17H15ClN6O/c1-11(24-7-5-16(22-24)17(20)25)10-23-6-4-15(21-23)12-2-3-13(9-19)14(18)8-12/h2-8,11H,10H2,1H3,(H2,20,25). The normalized spacial score (nSPS) is 11.9. The quantitative estimate of drug-likeness (QED) is 0.760. The number of rotatable bonds is 5. The van der Waals surface area contributed by atoms with Crippen molar-refractivity contribution < 1.29 is 4.79 Å². The van der Waals surface area contributed by atoms with Crippen LogP contribution in [0.5, 0.6) is 0 Å². The lowest BCUT2D eigenvalue weighted by molar-refractivity contribution is 0.0994. The molecule has 8 heteroatoms. The Bertz CT molecular complexity index is 968. The van der Waals surface area contributed by atoms with Gasteiger partial charge in [-0.15, -0.1) is 0 Å². The molecule has 126 valence electrons.